The Morgan fingerprint density at radius 3 is 1.30 bits per heavy atom. The van der Waals surface area contributed by atoms with E-state index in [-0.39, 0.29) is 0 Å². The van der Waals surface area contributed by atoms with Gasteiger partial charge in [-0.3, -0.25) is 0 Å². The minimum absolute atomic E-state index is 0.692. The average molecular weight is 666 g/mol. The molecular weight excluding hydrogens is 631 g/mol. The molecule has 10 heteroatoms. The van der Waals surface area contributed by atoms with Crippen molar-refractivity contribution in [3.63, 3.8) is 0 Å². The number of hydrogen-bond acceptors (Lipinski definition) is 8. The molecule has 0 saturated carbocycles. The van der Waals surface area contributed by atoms with Gasteiger partial charge in [0.25, 0.3) is 0 Å². The molecule has 0 aliphatic rings. The SMILES string of the molecule is COc1ccc2nc3ccc(Cl)cc3c(SCCCN)c2c1.COc1ccc2nc3ccc(Cl)cc3c(SCCCN)c2c1. The Hall–Kier alpha value is -2.98. The molecule has 0 spiro atoms. The van der Waals surface area contributed by atoms with E-state index in [1.165, 1.54) is 9.79 Å². The first-order valence-corrected chi connectivity index (χ1v) is 17.0. The Balaban J connectivity index is 0.000000175. The molecule has 0 aliphatic heterocycles. The van der Waals surface area contributed by atoms with Crippen LogP contribution in [0.4, 0.5) is 0 Å². The van der Waals surface area contributed by atoms with Gasteiger partial charge in [0, 0.05) is 41.4 Å². The lowest BCUT2D eigenvalue weighted by Crippen LogP contribution is -1.99. The topological polar surface area (TPSA) is 96.3 Å². The van der Waals surface area contributed by atoms with E-state index in [0.717, 1.165) is 89.5 Å². The monoisotopic (exact) mass is 664 g/mol. The molecule has 2 aromatic heterocycles. The van der Waals surface area contributed by atoms with E-state index in [4.69, 9.17) is 54.1 Å². The van der Waals surface area contributed by atoms with Crippen molar-refractivity contribution in [3.05, 3.63) is 82.8 Å². The minimum Gasteiger partial charge on any atom is -0.497 e. The molecule has 0 radical (unpaired) electrons. The Bertz CT molecular complexity index is 1780. The highest BCUT2D eigenvalue weighted by Gasteiger charge is 2.13. The van der Waals surface area contributed by atoms with E-state index in [9.17, 15) is 0 Å². The zero-order valence-electron chi connectivity index (χ0n) is 24.6. The maximum Gasteiger partial charge on any atom is 0.119 e. The number of thioether (sulfide) groups is 2. The van der Waals surface area contributed by atoms with Gasteiger partial charge in [0.1, 0.15) is 11.5 Å². The number of hydrogen-bond donors (Lipinski definition) is 2. The maximum absolute atomic E-state index is 6.18. The molecule has 0 amide bonds. The number of halogens is 2. The first kappa shape index (κ1) is 32.4. The van der Waals surface area contributed by atoms with E-state index < -0.39 is 0 Å². The molecule has 4 aromatic carbocycles. The van der Waals surface area contributed by atoms with Crippen molar-refractivity contribution in [1.29, 1.82) is 0 Å². The first-order chi connectivity index (χ1) is 21.4. The second-order valence-corrected chi connectivity index (χ2v) is 13.0. The number of rotatable bonds is 10. The summed E-state index contributed by atoms with van der Waals surface area (Å²) in [6.07, 6.45) is 1.95. The van der Waals surface area contributed by atoms with Crippen LogP contribution in [0.15, 0.2) is 82.6 Å². The molecule has 2 heterocycles. The van der Waals surface area contributed by atoms with Gasteiger partial charge in [-0.25, -0.2) is 9.97 Å². The van der Waals surface area contributed by atoms with E-state index in [1.54, 1.807) is 37.7 Å². The van der Waals surface area contributed by atoms with Gasteiger partial charge in [0.05, 0.1) is 36.3 Å². The van der Waals surface area contributed by atoms with E-state index in [1.807, 2.05) is 72.8 Å². The van der Waals surface area contributed by atoms with Crippen molar-refractivity contribution in [3.8, 4) is 11.5 Å². The number of benzene rings is 4. The van der Waals surface area contributed by atoms with Crippen LogP contribution in [0.25, 0.3) is 43.6 Å². The standard InChI is InChI=1S/2C17H17ClN2OS/c2*1-21-12-4-6-16-14(10-12)17(22-8-2-7-19)13-9-11(18)3-5-15(13)20-16/h2*3-6,9-10H,2,7-8,19H2,1H3. The van der Waals surface area contributed by atoms with Crippen LogP contribution in [0.1, 0.15) is 12.8 Å². The largest absolute Gasteiger partial charge is 0.497 e. The van der Waals surface area contributed by atoms with Crippen LogP contribution in [-0.4, -0.2) is 48.8 Å². The molecule has 4 N–H and O–H groups in total. The molecule has 6 rings (SSSR count). The Morgan fingerprint density at radius 2 is 0.932 bits per heavy atom. The fourth-order valence-electron chi connectivity index (χ4n) is 4.79. The van der Waals surface area contributed by atoms with E-state index >= 15 is 0 Å². The number of nitrogens with zero attached hydrogens (tertiary/aromatic N) is 2. The van der Waals surface area contributed by atoms with Crippen molar-refractivity contribution in [2.75, 3.05) is 38.8 Å². The molecule has 0 bridgehead atoms. The van der Waals surface area contributed by atoms with Crippen LogP contribution in [0.3, 0.4) is 0 Å². The van der Waals surface area contributed by atoms with Crippen LogP contribution >= 0.6 is 46.7 Å². The lowest BCUT2D eigenvalue weighted by molar-refractivity contribution is 0.415. The van der Waals surface area contributed by atoms with E-state index in [0.29, 0.717) is 13.1 Å². The van der Waals surface area contributed by atoms with Gasteiger partial charge in [0.2, 0.25) is 0 Å². The summed E-state index contributed by atoms with van der Waals surface area (Å²) in [5.74, 6) is 3.59. The molecular formula is C34H34Cl2N4O2S2. The number of fused-ring (bicyclic) bond motifs is 4. The number of methoxy groups -OCH3 is 2. The molecule has 228 valence electrons. The molecule has 6 nitrogen and oxygen atoms in total. The van der Waals surface area contributed by atoms with Crippen molar-refractivity contribution in [2.45, 2.75) is 22.6 Å². The quantitative estimate of drug-likeness (QED) is 0.0851. The van der Waals surface area contributed by atoms with Gasteiger partial charge < -0.3 is 20.9 Å². The third kappa shape index (κ3) is 7.45. The Morgan fingerprint density at radius 1 is 0.568 bits per heavy atom. The fraction of sp³-hybridized carbons (Fsp3) is 0.235. The molecule has 6 aromatic rings. The number of aromatic nitrogens is 2. The second-order valence-electron chi connectivity index (χ2n) is 9.95. The van der Waals surface area contributed by atoms with Crippen molar-refractivity contribution in [2.24, 2.45) is 11.5 Å². The zero-order chi connectivity index (χ0) is 31.1. The smallest absolute Gasteiger partial charge is 0.119 e. The Labute approximate surface area is 275 Å². The van der Waals surface area contributed by atoms with Gasteiger partial charge >= 0.3 is 0 Å². The van der Waals surface area contributed by atoms with Crippen LogP contribution in [0, 0.1) is 0 Å². The van der Waals surface area contributed by atoms with Crippen molar-refractivity contribution < 1.29 is 9.47 Å². The summed E-state index contributed by atoms with van der Waals surface area (Å²) in [6, 6.07) is 23.6. The van der Waals surface area contributed by atoms with Gasteiger partial charge in [-0.05, 0) is 110 Å². The zero-order valence-corrected chi connectivity index (χ0v) is 27.8. The summed E-state index contributed by atoms with van der Waals surface area (Å²) in [4.78, 5) is 11.8. The highest BCUT2D eigenvalue weighted by molar-refractivity contribution is 8.00. The number of pyridine rings is 2. The minimum atomic E-state index is 0.692. The molecule has 0 atom stereocenters. The summed E-state index contributed by atoms with van der Waals surface area (Å²) in [6.45, 7) is 1.38. The van der Waals surface area contributed by atoms with Crippen LogP contribution < -0.4 is 20.9 Å². The van der Waals surface area contributed by atoms with Gasteiger partial charge in [0.15, 0.2) is 0 Å². The van der Waals surface area contributed by atoms with Crippen molar-refractivity contribution >= 4 is 90.3 Å². The predicted octanol–water partition coefficient (Wildman–Crippen LogP) is 8.98. The second kappa shape index (κ2) is 15.3. The highest BCUT2D eigenvalue weighted by Crippen LogP contribution is 2.38. The van der Waals surface area contributed by atoms with Crippen LogP contribution in [0.2, 0.25) is 10.0 Å². The van der Waals surface area contributed by atoms with Gasteiger partial charge in [-0.1, -0.05) is 23.2 Å². The molecule has 0 aliphatic carbocycles. The summed E-state index contributed by atoms with van der Waals surface area (Å²) in [5.41, 5.74) is 15.1. The molecule has 0 unspecified atom stereocenters. The van der Waals surface area contributed by atoms with Gasteiger partial charge in [-0.2, -0.15) is 0 Å². The summed E-state index contributed by atoms with van der Waals surface area (Å²) in [5, 5.41) is 5.78. The van der Waals surface area contributed by atoms with Crippen LogP contribution in [-0.2, 0) is 0 Å². The van der Waals surface area contributed by atoms with Gasteiger partial charge in [-0.15, -0.1) is 23.5 Å². The fourth-order valence-corrected chi connectivity index (χ4v) is 7.44. The molecule has 0 saturated heterocycles. The highest BCUT2D eigenvalue weighted by atomic mass is 35.5. The van der Waals surface area contributed by atoms with E-state index in [2.05, 4.69) is 0 Å². The third-order valence-corrected chi connectivity index (χ3v) is 9.89. The first-order valence-electron chi connectivity index (χ1n) is 14.3. The molecule has 0 fully saturated rings. The summed E-state index contributed by atoms with van der Waals surface area (Å²) >= 11 is 16.0. The third-order valence-electron chi connectivity index (χ3n) is 6.97. The summed E-state index contributed by atoms with van der Waals surface area (Å²) in [7, 11) is 3.35. The molecule has 44 heavy (non-hydrogen) atoms. The lowest BCUT2D eigenvalue weighted by Gasteiger charge is -2.12. The normalized spacial score (nSPS) is 11.2. The average Bonchev–Trinajstić information content (AvgIpc) is 3.04. The maximum atomic E-state index is 6.18. The van der Waals surface area contributed by atoms with Crippen LogP contribution in [0.5, 0.6) is 11.5 Å². The predicted molar refractivity (Wildman–Crippen MR) is 190 cm³/mol. The Kier molecular flexibility index (Phi) is 11.3. The summed E-state index contributed by atoms with van der Waals surface area (Å²) < 4.78 is 10.7. The number of nitrogens with two attached hydrogens (primary N) is 2. The number of ether oxygens (including phenoxy) is 2. The lowest BCUT2D eigenvalue weighted by atomic mass is 10.1. The van der Waals surface area contributed by atoms with Crippen molar-refractivity contribution in [1.82, 2.24) is 9.97 Å².